The summed E-state index contributed by atoms with van der Waals surface area (Å²) in [5.41, 5.74) is 1.88. The van der Waals surface area contributed by atoms with Gasteiger partial charge in [-0.05, 0) is 74.2 Å². The minimum atomic E-state index is -4.49. The minimum Gasteiger partial charge on any atom is -0.366 e. The molecule has 0 N–H and O–H groups in total. The molecule has 1 aromatic heterocycles. The van der Waals surface area contributed by atoms with Gasteiger partial charge in [0.25, 0.3) is 0 Å². The molecule has 0 amide bonds. The number of piperazine rings is 1. The van der Waals surface area contributed by atoms with Crippen LogP contribution in [-0.2, 0) is 27.4 Å². The van der Waals surface area contributed by atoms with Crippen molar-refractivity contribution in [1.82, 2.24) is 14.3 Å². The van der Waals surface area contributed by atoms with Gasteiger partial charge in [0.1, 0.15) is 5.82 Å². The van der Waals surface area contributed by atoms with Gasteiger partial charge in [-0.2, -0.15) is 17.5 Å². The van der Waals surface area contributed by atoms with E-state index < -0.39 is 27.8 Å². The standard InChI is InChI=1S/C35H35F4N5O3S/c1-24-6-4-7-28(22-24)48(46,47)44-17-5-10-32(44)33(45)16-15-27-23-30(25-11-13-26(14-12-25)35(37,38)39)41-34(40-27)43-20-18-42(19-21-43)31-9-3-2-8-29(31)36/h2-4,6-9,11-14,22-23,32H,5,10,15-21H2,1H3/t32-/m0/s1. The van der Waals surface area contributed by atoms with Crippen molar-refractivity contribution in [3.05, 3.63) is 102 Å². The van der Waals surface area contributed by atoms with E-state index in [2.05, 4.69) is 0 Å². The molecule has 3 aromatic carbocycles. The molecule has 8 nitrogen and oxygen atoms in total. The van der Waals surface area contributed by atoms with Crippen LogP contribution >= 0.6 is 0 Å². The fraction of sp³-hybridized carbons (Fsp3) is 0.343. The van der Waals surface area contributed by atoms with E-state index in [-0.39, 0.29) is 35.9 Å². The van der Waals surface area contributed by atoms with Crippen LogP contribution in [0, 0.1) is 12.7 Å². The normalized spacial score (nSPS) is 17.6. The zero-order chi connectivity index (χ0) is 34.1. The second-order valence-electron chi connectivity index (χ2n) is 12.1. The third-order valence-electron chi connectivity index (χ3n) is 8.83. The number of carbonyl (C=O) groups excluding carboxylic acids is 1. The Morgan fingerprint density at radius 2 is 1.58 bits per heavy atom. The van der Waals surface area contributed by atoms with Gasteiger partial charge in [0, 0.05) is 50.4 Å². The molecule has 6 rings (SSSR count). The summed E-state index contributed by atoms with van der Waals surface area (Å²) < 4.78 is 82.4. The summed E-state index contributed by atoms with van der Waals surface area (Å²) in [6.07, 6.45) is -3.29. The molecule has 2 aliphatic rings. The molecule has 0 radical (unpaired) electrons. The molecule has 0 spiro atoms. The van der Waals surface area contributed by atoms with Crippen LogP contribution in [0.1, 0.15) is 36.1 Å². The largest absolute Gasteiger partial charge is 0.416 e. The lowest BCUT2D eigenvalue weighted by Crippen LogP contribution is -2.47. The number of aromatic nitrogens is 2. The van der Waals surface area contributed by atoms with Crippen LogP contribution in [0.5, 0.6) is 0 Å². The van der Waals surface area contributed by atoms with E-state index in [1.165, 1.54) is 28.6 Å². The number of alkyl halides is 3. The lowest BCUT2D eigenvalue weighted by molar-refractivity contribution is -0.137. The van der Waals surface area contributed by atoms with Gasteiger partial charge in [-0.1, -0.05) is 36.4 Å². The first-order valence-electron chi connectivity index (χ1n) is 15.8. The Morgan fingerprint density at radius 3 is 2.27 bits per heavy atom. The molecular formula is C35H35F4N5O3S. The zero-order valence-electron chi connectivity index (χ0n) is 26.3. The number of hydrogen-bond donors (Lipinski definition) is 0. The summed E-state index contributed by atoms with van der Waals surface area (Å²) in [5, 5.41) is 0. The smallest absolute Gasteiger partial charge is 0.366 e. The van der Waals surface area contributed by atoms with Gasteiger partial charge in [0.15, 0.2) is 5.78 Å². The van der Waals surface area contributed by atoms with E-state index in [1.807, 2.05) is 22.8 Å². The van der Waals surface area contributed by atoms with Crippen LogP contribution in [0.4, 0.5) is 29.2 Å². The topological polar surface area (TPSA) is 86.7 Å². The number of rotatable bonds is 9. The fourth-order valence-corrected chi connectivity index (χ4v) is 8.05. The number of carbonyl (C=O) groups is 1. The minimum absolute atomic E-state index is 0.0223. The maximum absolute atomic E-state index is 14.4. The maximum Gasteiger partial charge on any atom is 0.416 e. The molecule has 1 atom stereocenters. The molecule has 0 saturated carbocycles. The molecular weight excluding hydrogens is 646 g/mol. The number of para-hydroxylation sites is 1. The number of ketones is 1. The highest BCUT2D eigenvalue weighted by Gasteiger charge is 2.39. The highest BCUT2D eigenvalue weighted by molar-refractivity contribution is 7.89. The quantitative estimate of drug-likeness (QED) is 0.192. The van der Waals surface area contributed by atoms with Crippen LogP contribution in [0.3, 0.4) is 0 Å². The monoisotopic (exact) mass is 681 g/mol. The Hall–Kier alpha value is -4.36. The highest BCUT2D eigenvalue weighted by Crippen LogP contribution is 2.32. The van der Waals surface area contributed by atoms with Crippen LogP contribution in [0.25, 0.3) is 11.3 Å². The van der Waals surface area contributed by atoms with Crippen molar-refractivity contribution < 1.29 is 30.8 Å². The average Bonchev–Trinajstić information content (AvgIpc) is 3.59. The van der Waals surface area contributed by atoms with Gasteiger partial charge in [0.05, 0.1) is 27.9 Å². The van der Waals surface area contributed by atoms with E-state index in [0.717, 1.165) is 17.7 Å². The van der Waals surface area contributed by atoms with Crippen LogP contribution < -0.4 is 9.80 Å². The van der Waals surface area contributed by atoms with Gasteiger partial charge in [-0.15, -0.1) is 0 Å². The first-order valence-corrected chi connectivity index (χ1v) is 17.3. The molecule has 2 fully saturated rings. The summed E-state index contributed by atoms with van der Waals surface area (Å²) in [5.74, 6) is -0.183. The number of halogens is 4. The van der Waals surface area contributed by atoms with Crippen LogP contribution in [0.15, 0.2) is 83.8 Å². The summed E-state index contributed by atoms with van der Waals surface area (Å²) in [6, 6.07) is 18.7. The number of anilines is 2. The van der Waals surface area contributed by atoms with Gasteiger partial charge in [-0.25, -0.2) is 22.8 Å². The first kappa shape index (κ1) is 33.5. The molecule has 0 aliphatic carbocycles. The molecule has 252 valence electrons. The zero-order valence-corrected chi connectivity index (χ0v) is 27.1. The lowest BCUT2D eigenvalue weighted by Gasteiger charge is -2.36. The van der Waals surface area contributed by atoms with Crippen molar-refractivity contribution in [3.8, 4) is 11.3 Å². The molecule has 0 bridgehead atoms. The number of hydrogen-bond acceptors (Lipinski definition) is 7. The van der Waals surface area contributed by atoms with Crippen molar-refractivity contribution >= 4 is 27.4 Å². The highest BCUT2D eigenvalue weighted by atomic mass is 32.2. The predicted molar refractivity (Wildman–Crippen MR) is 175 cm³/mol. The maximum atomic E-state index is 14.4. The molecule has 3 heterocycles. The lowest BCUT2D eigenvalue weighted by atomic mass is 10.0. The van der Waals surface area contributed by atoms with Crippen LogP contribution in [0.2, 0.25) is 0 Å². The van der Waals surface area contributed by atoms with Crippen molar-refractivity contribution in [1.29, 1.82) is 0 Å². The summed E-state index contributed by atoms with van der Waals surface area (Å²) in [7, 11) is -3.87. The summed E-state index contributed by atoms with van der Waals surface area (Å²) >= 11 is 0. The van der Waals surface area contributed by atoms with Crippen molar-refractivity contribution in [2.75, 3.05) is 42.5 Å². The Kier molecular flexibility index (Phi) is 9.53. The summed E-state index contributed by atoms with van der Waals surface area (Å²) in [6.45, 7) is 3.99. The SMILES string of the molecule is Cc1cccc(S(=O)(=O)N2CCC[C@H]2C(=O)CCc2cc(-c3ccc(C(F)(F)F)cc3)nc(N3CCN(c4ccccc4F)CC3)n2)c1. The number of benzene rings is 3. The first-order chi connectivity index (χ1) is 22.9. The third-order valence-corrected chi connectivity index (χ3v) is 10.7. The van der Waals surface area contributed by atoms with Crippen molar-refractivity contribution in [2.45, 2.75) is 49.7 Å². The number of nitrogens with zero attached hydrogens (tertiary/aromatic N) is 5. The van der Waals surface area contributed by atoms with Crippen LogP contribution in [-0.4, -0.2) is 67.2 Å². The summed E-state index contributed by atoms with van der Waals surface area (Å²) in [4.78, 5) is 27.0. The van der Waals surface area contributed by atoms with Gasteiger partial charge in [-0.3, -0.25) is 4.79 Å². The molecule has 2 saturated heterocycles. The molecule has 13 heteroatoms. The van der Waals surface area contributed by atoms with Gasteiger partial charge >= 0.3 is 6.18 Å². The second-order valence-corrected chi connectivity index (χ2v) is 14.0. The Labute approximate surface area is 277 Å². The Balaban J connectivity index is 1.23. The van der Waals surface area contributed by atoms with E-state index >= 15 is 0 Å². The predicted octanol–water partition coefficient (Wildman–Crippen LogP) is 6.29. The number of aryl methyl sites for hydroxylation is 2. The fourth-order valence-electron chi connectivity index (χ4n) is 6.27. The molecule has 0 unspecified atom stereocenters. The molecule has 4 aromatic rings. The van der Waals surface area contributed by atoms with E-state index in [4.69, 9.17) is 9.97 Å². The van der Waals surface area contributed by atoms with Gasteiger partial charge < -0.3 is 9.80 Å². The Morgan fingerprint density at radius 1 is 0.875 bits per heavy atom. The van der Waals surface area contributed by atoms with Crippen molar-refractivity contribution in [3.63, 3.8) is 0 Å². The third kappa shape index (κ3) is 7.21. The van der Waals surface area contributed by atoms with E-state index in [1.54, 1.807) is 36.4 Å². The van der Waals surface area contributed by atoms with E-state index in [0.29, 0.717) is 67.6 Å². The Bertz CT molecular complexity index is 1900. The van der Waals surface area contributed by atoms with Gasteiger partial charge in [0.2, 0.25) is 16.0 Å². The number of sulfonamides is 1. The molecule has 48 heavy (non-hydrogen) atoms. The van der Waals surface area contributed by atoms with E-state index in [9.17, 15) is 30.8 Å². The van der Waals surface area contributed by atoms with Crippen molar-refractivity contribution in [2.24, 2.45) is 0 Å². The average molecular weight is 682 g/mol. The molecule has 2 aliphatic heterocycles. The number of Topliss-reactive ketones (excluding diaryl/α,β-unsaturated/α-hetero) is 1. The second kappa shape index (κ2) is 13.6.